The van der Waals surface area contributed by atoms with Crippen molar-refractivity contribution in [2.24, 2.45) is 28.6 Å². The average molecular weight is 243 g/mol. The number of hydrogen-bond acceptors (Lipinski definition) is 3. The lowest BCUT2D eigenvalue weighted by Gasteiger charge is -2.17. The number of carbonyl (C=O) groups excluding carboxylic acids is 1. The van der Waals surface area contributed by atoms with Crippen LogP contribution in [0.3, 0.4) is 0 Å². The van der Waals surface area contributed by atoms with E-state index in [1.54, 1.807) is 13.1 Å². The van der Waals surface area contributed by atoms with Gasteiger partial charge in [0.25, 0.3) is 0 Å². The third-order valence-electron chi connectivity index (χ3n) is 2.65. The molecule has 4 N–H and O–H groups in total. The Labute approximate surface area is 101 Å². The maximum atomic E-state index is 10.7. The lowest BCUT2D eigenvalue weighted by molar-refractivity contribution is -0.141. The van der Waals surface area contributed by atoms with Crippen molar-refractivity contribution in [3.05, 3.63) is 0 Å². The first kappa shape index (κ1) is 15.4. The molecule has 0 bridgehead atoms. The molecule has 0 spiro atoms. The van der Waals surface area contributed by atoms with Gasteiger partial charge in [0.05, 0.1) is 5.92 Å². The highest BCUT2D eigenvalue weighted by molar-refractivity contribution is 5.73. The van der Waals surface area contributed by atoms with Crippen molar-refractivity contribution < 1.29 is 14.7 Å². The smallest absolute Gasteiger partial charge is 0.332 e. The molecule has 0 saturated carbocycles. The van der Waals surface area contributed by atoms with E-state index in [4.69, 9.17) is 10.8 Å². The van der Waals surface area contributed by atoms with Gasteiger partial charge in [-0.05, 0) is 24.7 Å². The summed E-state index contributed by atoms with van der Waals surface area (Å²) in [6.45, 7) is 5.72. The Balaban J connectivity index is 4.20. The second-order valence-electron chi connectivity index (χ2n) is 4.48. The Hall–Kier alpha value is -1.59. The molecular weight excluding hydrogens is 222 g/mol. The summed E-state index contributed by atoms with van der Waals surface area (Å²) in [5.41, 5.74) is 7.01. The van der Waals surface area contributed by atoms with Gasteiger partial charge in [-0.3, -0.25) is 4.79 Å². The summed E-state index contributed by atoms with van der Waals surface area (Å²) < 4.78 is 0. The fourth-order valence-corrected chi connectivity index (χ4v) is 1.34. The molecule has 0 aromatic rings. The number of carbonyl (C=O) groups is 2. The Morgan fingerprint density at radius 2 is 1.94 bits per heavy atom. The number of nitrogens with two attached hydrogens (primary N) is 1. The summed E-state index contributed by atoms with van der Waals surface area (Å²) >= 11 is 0. The van der Waals surface area contributed by atoms with E-state index in [0.29, 0.717) is 12.3 Å². The Bertz CT molecular complexity index is 290. The van der Waals surface area contributed by atoms with Crippen molar-refractivity contribution in [2.45, 2.75) is 33.6 Å². The van der Waals surface area contributed by atoms with Crippen LogP contribution in [0.2, 0.25) is 0 Å². The van der Waals surface area contributed by atoms with Crippen molar-refractivity contribution in [3.8, 4) is 0 Å². The lowest BCUT2D eigenvalue weighted by Crippen LogP contribution is -2.25. The summed E-state index contributed by atoms with van der Waals surface area (Å²) in [6.07, 6.45) is 2.92. The molecule has 6 heteroatoms. The second-order valence-corrected chi connectivity index (χ2v) is 4.48. The van der Waals surface area contributed by atoms with Crippen LogP contribution in [0.5, 0.6) is 0 Å². The first-order chi connectivity index (χ1) is 7.84. The fraction of sp³-hybridized carbons (Fsp3) is 0.727. The Morgan fingerprint density at radius 1 is 1.35 bits per heavy atom. The molecule has 0 rings (SSSR count). The van der Waals surface area contributed by atoms with E-state index in [1.165, 1.54) is 0 Å². The van der Waals surface area contributed by atoms with Gasteiger partial charge in [0, 0.05) is 6.21 Å². The molecule has 0 aromatic carbocycles. The quantitative estimate of drug-likeness (QED) is 0.465. The van der Waals surface area contributed by atoms with Crippen LogP contribution in [0, 0.1) is 17.8 Å². The molecule has 0 aliphatic heterocycles. The van der Waals surface area contributed by atoms with Gasteiger partial charge in [-0.1, -0.05) is 20.8 Å². The van der Waals surface area contributed by atoms with Gasteiger partial charge in [-0.15, -0.1) is 0 Å². The van der Waals surface area contributed by atoms with E-state index < -0.39 is 12.0 Å². The van der Waals surface area contributed by atoms with Crippen molar-refractivity contribution in [1.82, 2.24) is 5.43 Å². The monoisotopic (exact) mass is 243 g/mol. The summed E-state index contributed by atoms with van der Waals surface area (Å²) in [7, 11) is 0. The van der Waals surface area contributed by atoms with Gasteiger partial charge in [0.15, 0.2) is 0 Å². The van der Waals surface area contributed by atoms with E-state index in [2.05, 4.69) is 10.5 Å². The molecule has 2 amide bonds. The predicted molar refractivity (Wildman–Crippen MR) is 65.6 cm³/mol. The number of carboxylic acids is 1. The van der Waals surface area contributed by atoms with Crippen LogP contribution in [0.15, 0.2) is 5.10 Å². The highest BCUT2D eigenvalue weighted by Crippen LogP contribution is 2.18. The lowest BCUT2D eigenvalue weighted by atomic mass is 9.89. The molecule has 17 heavy (non-hydrogen) atoms. The van der Waals surface area contributed by atoms with Crippen LogP contribution in [0.1, 0.15) is 33.6 Å². The van der Waals surface area contributed by atoms with Gasteiger partial charge in [-0.25, -0.2) is 10.2 Å². The highest BCUT2D eigenvalue weighted by Gasteiger charge is 2.16. The summed E-state index contributed by atoms with van der Waals surface area (Å²) in [4.78, 5) is 21.1. The number of primary amides is 1. The van der Waals surface area contributed by atoms with Gasteiger partial charge < -0.3 is 10.8 Å². The molecule has 0 saturated heterocycles. The Morgan fingerprint density at radius 3 is 2.35 bits per heavy atom. The fourth-order valence-electron chi connectivity index (χ4n) is 1.34. The predicted octanol–water partition coefficient (Wildman–Crippen LogP) is 1.41. The van der Waals surface area contributed by atoms with Crippen molar-refractivity contribution in [2.75, 3.05) is 0 Å². The average Bonchev–Trinajstić information content (AvgIpc) is 2.21. The number of aliphatic carboxylic acids is 1. The zero-order valence-electron chi connectivity index (χ0n) is 10.5. The van der Waals surface area contributed by atoms with Crippen LogP contribution < -0.4 is 11.2 Å². The van der Waals surface area contributed by atoms with E-state index >= 15 is 0 Å². The van der Waals surface area contributed by atoms with Crippen LogP contribution in [-0.2, 0) is 4.79 Å². The molecule has 98 valence electrons. The minimum absolute atomic E-state index is 0.128. The Kier molecular flexibility index (Phi) is 6.93. The van der Waals surface area contributed by atoms with E-state index in [1.807, 2.05) is 13.8 Å². The number of nitrogens with zero attached hydrogens (tertiary/aromatic N) is 1. The largest absolute Gasteiger partial charge is 0.481 e. The molecule has 0 aliphatic carbocycles. The van der Waals surface area contributed by atoms with E-state index in [-0.39, 0.29) is 11.8 Å². The summed E-state index contributed by atoms with van der Waals surface area (Å²) in [6, 6.07) is -0.706. The minimum atomic E-state index is -0.792. The van der Waals surface area contributed by atoms with Crippen molar-refractivity contribution in [1.29, 1.82) is 0 Å². The zero-order chi connectivity index (χ0) is 13.4. The third kappa shape index (κ3) is 7.32. The van der Waals surface area contributed by atoms with Crippen molar-refractivity contribution >= 4 is 18.2 Å². The van der Waals surface area contributed by atoms with Crippen molar-refractivity contribution in [3.63, 3.8) is 0 Å². The molecule has 2 atom stereocenters. The van der Waals surface area contributed by atoms with Crippen LogP contribution in [0.25, 0.3) is 0 Å². The molecule has 2 unspecified atom stereocenters. The standard InChI is InChI=1S/C11H21N3O3/c1-7(2)9(6-13-14-11(12)17)5-4-8(3)10(15)16/h6-9H,4-5H2,1-3H3,(H,15,16)(H3,12,14,17). The number of hydrazone groups is 1. The molecular formula is C11H21N3O3. The number of carboxylic acid groups (broad SMARTS) is 1. The number of rotatable bonds is 7. The normalized spacial score (nSPS) is 14.8. The van der Waals surface area contributed by atoms with Gasteiger partial charge in [0.1, 0.15) is 0 Å². The summed E-state index contributed by atoms with van der Waals surface area (Å²) in [5, 5.41) is 12.5. The SMILES string of the molecule is CC(CCC(C=NNC(N)=O)C(C)C)C(=O)O. The number of urea groups is 1. The van der Waals surface area contributed by atoms with Crippen LogP contribution in [0.4, 0.5) is 4.79 Å². The van der Waals surface area contributed by atoms with Crippen LogP contribution in [-0.4, -0.2) is 23.3 Å². The third-order valence-corrected chi connectivity index (χ3v) is 2.65. The molecule has 0 radical (unpaired) electrons. The number of hydrogen-bond donors (Lipinski definition) is 3. The molecule has 0 aliphatic rings. The summed E-state index contributed by atoms with van der Waals surface area (Å²) in [5.74, 6) is -0.702. The van der Waals surface area contributed by atoms with E-state index in [9.17, 15) is 9.59 Å². The second kappa shape index (κ2) is 7.65. The highest BCUT2D eigenvalue weighted by atomic mass is 16.4. The first-order valence-electron chi connectivity index (χ1n) is 5.66. The van der Waals surface area contributed by atoms with Gasteiger partial charge >= 0.3 is 12.0 Å². The minimum Gasteiger partial charge on any atom is -0.481 e. The molecule has 0 fully saturated rings. The van der Waals surface area contributed by atoms with E-state index in [0.717, 1.165) is 6.42 Å². The number of nitrogens with one attached hydrogen (secondary N) is 1. The van der Waals surface area contributed by atoms with Gasteiger partial charge in [-0.2, -0.15) is 5.10 Å². The topological polar surface area (TPSA) is 105 Å². The zero-order valence-corrected chi connectivity index (χ0v) is 10.5. The number of amides is 2. The molecule has 6 nitrogen and oxygen atoms in total. The maximum Gasteiger partial charge on any atom is 0.332 e. The van der Waals surface area contributed by atoms with Gasteiger partial charge in [0.2, 0.25) is 0 Å². The van der Waals surface area contributed by atoms with Crippen LogP contribution >= 0.6 is 0 Å². The maximum absolute atomic E-state index is 10.7. The molecule has 0 aromatic heterocycles. The molecule has 0 heterocycles. The first-order valence-corrected chi connectivity index (χ1v) is 5.66.